The topological polar surface area (TPSA) is 18.5 Å². The van der Waals surface area contributed by atoms with Crippen LogP contribution in [0.1, 0.15) is 87.0 Å². The molecule has 1 aliphatic rings. The molecule has 4 heteroatoms. The van der Waals surface area contributed by atoms with Gasteiger partial charge in [-0.15, -0.1) is 0 Å². The summed E-state index contributed by atoms with van der Waals surface area (Å²) in [7, 11) is 0. The second kappa shape index (κ2) is 11.8. The van der Waals surface area contributed by atoms with Crippen LogP contribution in [0.5, 0.6) is 0 Å². The molecule has 0 radical (unpaired) electrons. The average Bonchev–Trinajstić information content (AvgIpc) is 2.60. The summed E-state index contributed by atoms with van der Waals surface area (Å²) in [6.45, 7) is 16.9. The van der Waals surface area contributed by atoms with Crippen LogP contribution in [-0.2, 0) is 9.47 Å². The predicted molar refractivity (Wildman–Crippen MR) is 114 cm³/mol. The highest BCUT2D eigenvalue weighted by atomic mass is 19.3. The second-order valence-corrected chi connectivity index (χ2v) is 10.0. The minimum absolute atomic E-state index is 0.00120. The van der Waals surface area contributed by atoms with Crippen molar-refractivity contribution in [2.24, 2.45) is 35.0 Å². The number of alkyl halides is 2. The number of hydrogen-bond acceptors (Lipinski definition) is 2. The molecule has 0 bridgehead atoms. The lowest BCUT2D eigenvalue weighted by molar-refractivity contribution is -0.112. The zero-order valence-corrected chi connectivity index (χ0v) is 19.5. The molecule has 0 aromatic carbocycles. The molecule has 0 aromatic heterocycles. The van der Waals surface area contributed by atoms with E-state index < -0.39 is 5.92 Å². The zero-order valence-electron chi connectivity index (χ0n) is 19.5. The molecule has 0 saturated heterocycles. The minimum Gasteiger partial charge on any atom is -0.381 e. The average molecular weight is 405 g/mol. The molecule has 0 amide bonds. The van der Waals surface area contributed by atoms with Crippen LogP contribution in [0, 0.1) is 35.0 Å². The molecule has 0 spiro atoms. The molecule has 1 rings (SSSR count). The van der Waals surface area contributed by atoms with Crippen molar-refractivity contribution >= 4 is 0 Å². The van der Waals surface area contributed by atoms with Crippen molar-refractivity contribution in [1.29, 1.82) is 0 Å². The molecule has 1 fully saturated rings. The Morgan fingerprint density at radius 2 is 1.50 bits per heavy atom. The highest BCUT2D eigenvalue weighted by Gasteiger charge is 2.47. The lowest BCUT2D eigenvalue weighted by Gasteiger charge is -2.49. The first-order valence-electron chi connectivity index (χ1n) is 11.6. The Bertz CT molecular complexity index is 415. The van der Waals surface area contributed by atoms with Crippen LogP contribution in [0.3, 0.4) is 0 Å². The fourth-order valence-corrected chi connectivity index (χ4v) is 5.23. The van der Waals surface area contributed by atoms with Gasteiger partial charge in [-0.05, 0) is 62.7 Å². The second-order valence-electron chi connectivity index (χ2n) is 10.0. The zero-order chi connectivity index (χ0) is 21.4. The van der Waals surface area contributed by atoms with Crippen molar-refractivity contribution in [3.05, 3.63) is 0 Å². The van der Waals surface area contributed by atoms with Gasteiger partial charge < -0.3 is 9.47 Å². The molecule has 168 valence electrons. The van der Waals surface area contributed by atoms with Crippen LogP contribution in [0.25, 0.3) is 0 Å². The first kappa shape index (κ1) is 25.8. The normalized spacial score (nSPS) is 24.3. The van der Waals surface area contributed by atoms with Gasteiger partial charge in [-0.25, -0.2) is 8.78 Å². The molecule has 3 atom stereocenters. The Labute approximate surface area is 173 Å². The molecule has 28 heavy (non-hydrogen) atoms. The van der Waals surface area contributed by atoms with Crippen molar-refractivity contribution in [3.8, 4) is 0 Å². The molecule has 2 nitrogen and oxygen atoms in total. The molecule has 0 aromatic rings. The van der Waals surface area contributed by atoms with Gasteiger partial charge >= 0.3 is 0 Å². The molecule has 1 saturated carbocycles. The van der Waals surface area contributed by atoms with Crippen LogP contribution in [0.15, 0.2) is 0 Å². The quantitative estimate of drug-likeness (QED) is 0.323. The fourth-order valence-electron chi connectivity index (χ4n) is 5.23. The van der Waals surface area contributed by atoms with E-state index in [-0.39, 0.29) is 24.2 Å². The van der Waals surface area contributed by atoms with Crippen molar-refractivity contribution in [2.45, 2.75) is 92.9 Å². The Balaban J connectivity index is 3.17. The Morgan fingerprint density at radius 1 is 0.929 bits per heavy atom. The molecule has 3 unspecified atom stereocenters. The lowest BCUT2D eigenvalue weighted by atomic mass is 9.58. The van der Waals surface area contributed by atoms with Gasteiger partial charge in [0.25, 0.3) is 0 Å². The predicted octanol–water partition coefficient (Wildman–Crippen LogP) is 7.22. The van der Waals surface area contributed by atoms with Gasteiger partial charge in [-0.3, -0.25) is 0 Å². The number of ether oxygens (including phenoxy) is 2. The maximum absolute atomic E-state index is 14.7. The van der Waals surface area contributed by atoms with Crippen LogP contribution >= 0.6 is 0 Å². The van der Waals surface area contributed by atoms with E-state index in [1.165, 1.54) is 12.8 Å². The smallest absolute Gasteiger partial charge is 0.248 e. The minimum atomic E-state index is -2.62. The molecule has 1 aliphatic carbocycles. The van der Waals surface area contributed by atoms with E-state index in [1.54, 1.807) is 0 Å². The molecule has 0 aliphatic heterocycles. The van der Waals surface area contributed by atoms with Crippen molar-refractivity contribution in [1.82, 2.24) is 0 Å². The van der Waals surface area contributed by atoms with E-state index in [0.29, 0.717) is 56.5 Å². The van der Waals surface area contributed by atoms with E-state index >= 15 is 0 Å². The SMILES string of the molecule is CCOCC(CCC(F)(F)CC(C)C)(COCC)C1CC(C)CCC1C(C)C. The molecular weight excluding hydrogens is 358 g/mol. The Hall–Kier alpha value is -0.220. The lowest BCUT2D eigenvalue weighted by Crippen LogP contribution is -2.47. The van der Waals surface area contributed by atoms with Crippen molar-refractivity contribution < 1.29 is 18.3 Å². The van der Waals surface area contributed by atoms with Crippen LogP contribution in [0.4, 0.5) is 8.78 Å². The first-order chi connectivity index (χ1) is 13.1. The number of halogens is 2. The molecule has 0 heterocycles. The highest BCUT2D eigenvalue weighted by molar-refractivity contribution is 4.95. The van der Waals surface area contributed by atoms with E-state index in [0.717, 1.165) is 6.42 Å². The maximum Gasteiger partial charge on any atom is 0.248 e. The summed E-state index contributed by atoms with van der Waals surface area (Å²) < 4.78 is 41.2. The van der Waals surface area contributed by atoms with Gasteiger partial charge in [0.05, 0.1) is 13.2 Å². The molecule has 0 N–H and O–H groups in total. The van der Waals surface area contributed by atoms with Gasteiger partial charge in [0.1, 0.15) is 0 Å². The number of hydrogen-bond donors (Lipinski definition) is 0. The Kier molecular flexibility index (Phi) is 10.9. The largest absolute Gasteiger partial charge is 0.381 e. The maximum atomic E-state index is 14.7. The summed E-state index contributed by atoms with van der Waals surface area (Å²) in [4.78, 5) is 0. The van der Waals surface area contributed by atoms with E-state index in [9.17, 15) is 8.78 Å². The summed E-state index contributed by atoms with van der Waals surface area (Å²) in [5, 5.41) is 0. The van der Waals surface area contributed by atoms with Gasteiger partial charge in [0.15, 0.2) is 0 Å². The highest BCUT2D eigenvalue weighted by Crippen LogP contribution is 2.51. The van der Waals surface area contributed by atoms with Crippen LogP contribution in [0.2, 0.25) is 0 Å². The summed E-state index contributed by atoms with van der Waals surface area (Å²) in [6, 6.07) is 0. The standard InChI is InChI=1S/C24H46F2O2/c1-8-27-16-23(17-28-9-2,12-13-24(25,26)15-18(3)4)22-14-20(7)10-11-21(22)19(5)6/h18-22H,8-17H2,1-7H3. The van der Waals surface area contributed by atoms with Gasteiger partial charge in [0, 0.05) is 31.5 Å². The molecular formula is C24H46F2O2. The van der Waals surface area contributed by atoms with E-state index in [4.69, 9.17) is 9.47 Å². The van der Waals surface area contributed by atoms with Crippen LogP contribution in [-0.4, -0.2) is 32.4 Å². The summed E-state index contributed by atoms with van der Waals surface area (Å²) in [6.07, 6.45) is 3.89. The third-order valence-electron chi connectivity index (χ3n) is 6.69. The van der Waals surface area contributed by atoms with Gasteiger partial charge in [0.2, 0.25) is 5.92 Å². The monoisotopic (exact) mass is 404 g/mol. The van der Waals surface area contributed by atoms with Crippen molar-refractivity contribution in [2.75, 3.05) is 26.4 Å². The van der Waals surface area contributed by atoms with Gasteiger partial charge in [-0.2, -0.15) is 0 Å². The third kappa shape index (κ3) is 7.89. The summed E-state index contributed by atoms with van der Waals surface area (Å²) >= 11 is 0. The van der Waals surface area contributed by atoms with Gasteiger partial charge in [-0.1, -0.05) is 41.0 Å². The van der Waals surface area contributed by atoms with Crippen LogP contribution < -0.4 is 0 Å². The summed E-state index contributed by atoms with van der Waals surface area (Å²) in [5.74, 6) is -0.498. The fraction of sp³-hybridized carbons (Fsp3) is 1.00. The summed E-state index contributed by atoms with van der Waals surface area (Å²) in [5.41, 5.74) is -0.323. The van der Waals surface area contributed by atoms with E-state index in [2.05, 4.69) is 20.8 Å². The van der Waals surface area contributed by atoms with E-state index in [1.807, 2.05) is 27.7 Å². The third-order valence-corrected chi connectivity index (χ3v) is 6.69. The number of rotatable bonds is 13. The Morgan fingerprint density at radius 3 is 1.96 bits per heavy atom. The first-order valence-corrected chi connectivity index (χ1v) is 11.6. The van der Waals surface area contributed by atoms with Crippen molar-refractivity contribution in [3.63, 3.8) is 0 Å².